The number of rotatable bonds is 7. The van der Waals surface area contributed by atoms with Crippen LogP contribution in [0.1, 0.15) is 28.1 Å². The Morgan fingerprint density at radius 2 is 2.04 bits per heavy atom. The number of aryl methyl sites for hydroxylation is 2. The first-order valence-electron chi connectivity index (χ1n) is 7.77. The standard InChI is InChI=1S/C17H23N3O2S/c1-3-16-20-12(2)15(23-16)11-19-17(22)18-10-14(21)9-13-7-5-4-6-8-13/h4-8,14,21H,3,9-11H2,1-2H3,(H2,18,19,22)/t14-/m0/s1. The summed E-state index contributed by atoms with van der Waals surface area (Å²) in [6.45, 7) is 4.71. The number of carbonyl (C=O) groups excluding carboxylic acids is 1. The van der Waals surface area contributed by atoms with Crippen LogP contribution in [0.25, 0.3) is 0 Å². The molecular formula is C17H23N3O2S. The lowest BCUT2D eigenvalue weighted by atomic mass is 10.1. The van der Waals surface area contributed by atoms with E-state index in [9.17, 15) is 9.90 Å². The van der Waals surface area contributed by atoms with Gasteiger partial charge < -0.3 is 15.7 Å². The maximum Gasteiger partial charge on any atom is 0.315 e. The van der Waals surface area contributed by atoms with Gasteiger partial charge in [0.2, 0.25) is 0 Å². The molecule has 0 radical (unpaired) electrons. The van der Waals surface area contributed by atoms with Gasteiger partial charge >= 0.3 is 6.03 Å². The van der Waals surface area contributed by atoms with E-state index in [0.29, 0.717) is 13.0 Å². The van der Waals surface area contributed by atoms with Crippen LogP contribution in [-0.4, -0.2) is 28.8 Å². The average Bonchev–Trinajstić information content (AvgIpc) is 2.92. The highest BCUT2D eigenvalue weighted by Crippen LogP contribution is 2.17. The molecule has 0 aliphatic carbocycles. The summed E-state index contributed by atoms with van der Waals surface area (Å²) in [5.74, 6) is 0. The van der Waals surface area contributed by atoms with Crippen molar-refractivity contribution >= 4 is 17.4 Å². The minimum atomic E-state index is -0.597. The van der Waals surface area contributed by atoms with Crippen molar-refractivity contribution in [3.8, 4) is 0 Å². The summed E-state index contributed by atoms with van der Waals surface area (Å²) in [6.07, 6.45) is 0.832. The Morgan fingerprint density at radius 3 is 2.70 bits per heavy atom. The summed E-state index contributed by atoms with van der Waals surface area (Å²) in [4.78, 5) is 17.3. The van der Waals surface area contributed by atoms with Crippen LogP contribution in [0.5, 0.6) is 0 Å². The van der Waals surface area contributed by atoms with Crippen LogP contribution >= 0.6 is 11.3 Å². The zero-order valence-corrected chi connectivity index (χ0v) is 14.3. The second-order valence-electron chi connectivity index (χ2n) is 5.38. The van der Waals surface area contributed by atoms with Crippen LogP contribution in [0.2, 0.25) is 0 Å². The second kappa shape index (κ2) is 8.64. The van der Waals surface area contributed by atoms with Gasteiger partial charge in [0.15, 0.2) is 0 Å². The van der Waals surface area contributed by atoms with E-state index in [2.05, 4.69) is 22.5 Å². The first-order valence-corrected chi connectivity index (χ1v) is 8.59. The molecule has 3 N–H and O–H groups in total. The normalized spacial score (nSPS) is 12.0. The summed E-state index contributed by atoms with van der Waals surface area (Å²) in [7, 11) is 0. The number of aliphatic hydroxyl groups excluding tert-OH is 1. The minimum absolute atomic E-state index is 0.225. The Labute approximate surface area is 140 Å². The number of thiazole rings is 1. The van der Waals surface area contributed by atoms with Gasteiger partial charge in [-0.05, 0) is 18.9 Å². The molecule has 2 amide bonds. The molecule has 2 rings (SSSR count). The lowest BCUT2D eigenvalue weighted by Crippen LogP contribution is -2.39. The third-order valence-electron chi connectivity index (χ3n) is 3.46. The number of carbonyl (C=O) groups is 1. The minimum Gasteiger partial charge on any atom is -0.391 e. The van der Waals surface area contributed by atoms with Gasteiger partial charge in [-0.1, -0.05) is 37.3 Å². The molecule has 5 nitrogen and oxygen atoms in total. The number of aliphatic hydroxyl groups is 1. The number of hydrogen-bond acceptors (Lipinski definition) is 4. The molecule has 23 heavy (non-hydrogen) atoms. The SMILES string of the molecule is CCc1nc(C)c(CNC(=O)NC[C@@H](O)Cc2ccccc2)s1. The van der Waals surface area contributed by atoms with Gasteiger partial charge in [-0.2, -0.15) is 0 Å². The second-order valence-corrected chi connectivity index (χ2v) is 6.55. The molecule has 0 spiro atoms. The highest BCUT2D eigenvalue weighted by Gasteiger charge is 2.10. The van der Waals surface area contributed by atoms with Crippen molar-refractivity contribution < 1.29 is 9.90 Å². The van der Waals surface area contributed by atoms with E-state index in [4.69, 9.17) is 0 Å². The molecule has 0 aliphatic rings. The van der Waals surface area contributed by atoms with Gasteiger partial charge in [0.1, 0.15) is 0 Å². The zero-order valence-electron chi connectivity index (χ0n) is 13.5. The average molecular weight is 333 g/mol. The largest absolute Gasteiger partial charge is 0.391 e. The topological polar surface area (TPSA) is 74.2 Å². The van der Waals surface area contributed by atoms with Crippen molar-refractivity contribution in [1.82, 2.24) is 15.6 Å². The number of nitrogens with one attached hydrogen (secondary N) is 2. The van der Waals surface area contributed by atoms with E-state index in [0.717, 1.165) is 27.6 Å². The van der Waals surface area contributed by atoms with Crippen LogP contribution in [0.4, 0.5) is 4.79 Å². The van der Waals surface area contributed by atoms with E-state index < -0.39 is 6.10 Å². The van der Waals surface area contributed by atoms with Gasteiger partial charge in [-0.25, -0.2) is 9.78 Å². The van der Waals surface area contributed by atoms with Crippen LogP contribution in [0.3, 0.4) is 0 Å². The Hall–Kier alpha value is -1.92. The Bertz CT molecular complexity index is 628. The molecule has 0 saturated heterocycles. The molecule has 0 unspecified atom stereocenters. The van der Waals surface area contributed by atoms with Gasteiger partial charge in [-0.3, -0.25) is 0 Å². The van der Waals surface area contributed by atoms with Gasteiger partial charge in [0.25, 0.3) is 0 Å². The maximum absolute atomic E-state index is 11.8. The number of hydrogen-bond donors (Lipinski definition) is 3. The molecular weight excluding hydrogens is 310 g/mol. The molecule has 1 atom stereocenters. The van der Waals surface area contributed by atoms with Crippen LogP contribution in [-0.2, 0) is 19.4 Å². The number of benzene rings is 1. The van der Waals surface area contributed by atoms with Crippen molar-refractivity contribution in [2.45, 2.75) is 39.3 Å². The van der Waals surface area contributed by atoms with Gasteiger partial charge in [-0.15, -0.1) is 11.3 Å². The Morgan fingerprint density at radius 1 is 1.30 bits per heavy atom. The fraction of sp³-hybridized carbons (Fsp3) is 0.412. The van der Waals surface area contributed by atoms with E-state index in [1.807, 2.05) is 37.3 Å². The Balaban J connectivity index is 1.71. The smallest absolute Gasteiger partial charge is 0.315 e. The molecule has 6 heteroatoms. The van der Waals surface area contributed by atoms with Crippen LogP contribution in [0, 0.1) is 6.92 Å². The zero-order chi connectivity index (χ0) is 16.7. The van der Waals surface area contributed by atoms with Crippen LogP contribution < -0.4 is 10.6 Å². The molecule has 0 fully saturated rings. The third-order valence-corrected chi connectivity index (χ3v) is 4.76. The van der Waals surface area contributed by atoms with Gasteiger partial charge in [0.05, 0.1) is 23.4 Å². The quantitative estimate of drug-likeness (QED) is 0.728. The van der Waals surface area contributed by atoms with Crippen molar-refractivity contribution in [2.75, 3.05) is 6.54 Å². The number of nitrogens with zero attached hydrogens (tertiary/aromatic N) is 1. The van der Waals surface area contributed by atoms with Crippen molar-refractivity contribution in [3.63, 3.8) is 0 Å². The monoisotopic (exact) mass is 333 g/mol. The van der Waals surface area contributed by atoms with Crippen LogP contribution in [0.15, 0.2) is 30.3 Å². The van der Waals surface area contributed by atoms with Crippen molar-refractivity contribution in [3.05, 3.63) is 51.5 Å². The predicted octanol–water partition coefficient (Wildman–Crippen LogP) is 2.42. The lowest BCUT2D eigenvalue weighted by Gasteiger charge is -2.12. The lowest BCUT2D eigenvalue weighted by molar-refractivity contribution is 0.170. The van der Waals surface area contributed by atoms with E-state index in [-0.39, 0.29) is 12.6 Å². The summed E-state index contributed by atoms with van der Waals surface area (Å²) in [5.41, 5.74) is 2.02. The molecule has 1 aromatic carbocycles. The summed E-state index contributed by atoms with van der Waals surface area (Å²) in [6, 6.07) is 9.45. The first kappa shape index (κ1) is 17.4. The molecule has 1 aromatic heterocycles. The summed E-state index contributed by atoms with van der Waals surface area (Å²) in [5, 5.41) is 16.6. The molecule has 0 aliphatic heterocycles. The number of aromatic nitrogens is 1. The van der Waals surface area contributed by atoms with Crippen molar-refractivity contribution in [2.24, 2.45) is 0 Å². The predicted molar refractivity (Wildman–Crippen MR) is 92.6 cm³/mol. The fourth-order valence-electron chi connectivity index (χ4n) is 2.20. The molecule has 1 heterocycles. The van der Waals surface area contributed by atoms with Crippen molar-refractivity contribution in [1.29, 1.82) is 0 Å². The molecule has 2 aromatic rings. The van der Waals surface area contributed by atoms with E-state index >= 15 is 0 Å². The van der Waals surface area contributed by atoms with E-state index in [1.165, 1.54) is 0 Å². The third kappa shape index (κ3) is 5.65. The van der Waals surface area contributed by atoms with Gasteiger partial charge in [0, 0.05) is 17.8 Å². The highest BCUT2D eigenvalue weighted by atomic mass is 32.1. The number of amides is 2. The molecule has 0 bridgehead atoms. The highest BCUT2D eigenvalue weighted by molar-refractivity contribution is 7.11. The fourth-order valence-corrected chi connectivity index (χ4v) is 3.14. The van der Waals surface area contributed by atoms with E-state index in [1.54, 1.807) is 11.3 Å². The maximum atomic E-state index is 11.8. The number of urea groups is 1. The molecule has 124 valence electrons. The Kier molecular flexibility index (Phi) is 6.55. The molecule has 0 saturated carbocycles. The summed E-state index contributed by atoms with van der Waals surface area (Å²) >= 11 is 1.62. The first-order chi connectivity index (χ1) is 11.1. The summed E-state index contributed by atoms with van der Waals surface area (Å²) < 4.78 is 0.